The third-order valence-electron chi connectivity index (χ3n) is 4.70. The molecule has 0 heterocycles. The number of rotatable bonds is 8. The number of hydrogen-bond acceptors (Lipinski definition) is 3. The van der Waals surface area contributed by atoms with Crippen LogP contribution in [0.4, 0.5) is 4.79 Å². The molecular formula is C23H29BrN2O3S. The number of amides is 1. The average Bonchev–Trinajstić information content (AvgIpc) is 2.70. The van der Waals surface area contributed by atoms with Crippen molar-refractivity contribution in [3.63, 3.8) is 0 Å². The van der Waals surface area contributed by atoms with Crippen molar-refractivity contribution >= 4 is 39.1 Å². The first kappa shape index (κ1) is 24.4. The number of hydrogen-bond donors (Lipinski definition) is 1. The summed E-state index contributed by atoms with van der Waals surface area (Å²) in [6.07, 6.45) is 0.173. The highest BCUT2D eigenvalue weighted by Gasteiger charge is 2.28. The summed E-state index contributed by atoms with van der Waals surface area (Å²) in [5.74, 6) is 0. The zero-order chi connectivity index (χ0) is 22.3. The second-order valence-electron chi connectivity index (χ2n) is 8.07. The Kier molecular flexibility index (Phi) is 8.94. The number of halogens is 1. The topological polar surface area (TPSA) is 76.0 Å². The molecule has 0 bridgehead atoms. The lowest BCUT2D eigenvalue weighted by atomic mass is 10.0. The molecule has 0 unspecified atom stereocenters. The SMILES string of the molecule is C[C@@H](c1ccc(Br)cc1)N(CCC/C(=N\[S@+]([O-])C(C)(C)C)c1ccccc1)C(=O)O. The van der Waals surface area contributed by atoms with Gasteiger partial charge in [0.1, 0.15) is 16.1 Å². The molecule has 0 spiro atoms. The molecule has 0 saturated heterocycles. The monoisotopic (exact) mass is 492 g/mol. The lowest BCUT2D eigenvalue weighted by Gasteiger charge is -2.27. The summed E-state index contributed by atoms with van der Waals surface area (Å²) in [6, 6.07) is 17.1. The largest absolute Gasteiger partial charge is 0.591 e. The molecule has 7 heteroatoms. The summed E-state index contributed by atoms with van der Waals surface area (Å²) in [4.78, 5) is 13.3. The number of carboxylic acid groups (broad SMARTS) is 1. The molecule has 1 N–H and O–H groups in total. The van der Waals surface area contributed by atoms with E-state index in [1.54, 1.807) is 0 Å². The standard InChI is InChI=1S/C23H29BrN2O3S/c1-17(18-12-14-20(24)15-13-18)26(22(27)28)16-8-11-21(19-9-6-5-7-10-19)25-30(29)23(2,3)4/h5-7,9-10,12-15,17H,8,11,16H2,1-4H3,(H,27,28)/b25-21+/t17-,30+/m0/s1. The van der Waals surface area contributed by atoms with Gasteiger partial charge in [-0.05, 0) is 58.2 Å². The minimum Gasteiger partial charge on any atom is -0.591 e. The van der Waals surface area contributed by atoms with E-state index in [1.807, 2.05) is 82.3 Å². The van der Waals surface area contributed by atoms with Crippen molar-refractivity contribution in [1.82, 2.24) is 4.90 Å². The lowest BCUT2D eigenvalue weighted by Crippen LogP contribution is -2.33. The highest BCUT2D eigenvalue weighted by atomic mass is 79.9. The van der Waals surface area contributed by atoms with Crippen molar-refractivity contribution in [3.05, 3.63) is 70.2 Å². The van der Waals surface area contributed by atoms with E-state index in [0.29, 0.717) is 19.4 Å². The normalized spacial score (nSPS) is 14.3. The van der Waals surface area contributed by atoms with Crippen LogP contribution in [0, 0.1) is 0 Å². The Morgan fingerprint density at radius 2 is 1.77 bits per heavy atom. The maximum absolute atomic E-state index is 12.6. The molecule has 2 rings (SSSR count). The highest BCUT2D eigenvalue weighted by Crippen LogP contribution is 2.24. The molecule has 30 heavy (non-hydrogen) atoms. The lowest BCUT2D eigenvalue weighted by molar-refractivity contribution is 0.127. The molecule has 0 saturated carbocycles. The minimum atomic E-state index is -1.38. The molecule has 2 aromatic carbocycles. The maximum atomic E-state index is 12.6. The van der Waals surface area contributed by atoms with Crippen LogP contribution < -0.4 is 0 Å². The maximum Gasteiger partial charge on any atom is 0.407 e. The highest BCUT2D eigenvalue weighted by molar-refractivity contribution is 9.10. The van der Waals surface area contributed by atoms with Gasteiger partial charge in [0.05, 0.1) is 11.8 Å². The van der Waals surface area contributed by atoms with Crippen LogP contribution in [0.15, 0.2) is 63.5 Å². The Labute approximate surface area is 190 Å². The summed E-state index contributed by atoms with van der Waals surface area (Å²) in [5.41, 5.74) is 2.59. The minimum absolute atomic E-state index is 0.267. The average molecular weight is 493 g/mol. The molecule has 0 radical (unpaired) electrons. The summed E-state index contributed by atoms with van der Waals surface area (Å²) < 4.78 is 17.6. The van der Waals surface area contributed by atoms with Gasteiger partial charge in [0.2, 0.25) is 0 Å². The second kappa shape index (κ2) is 11.0. The van der Waals surface area contributed by atoms with Crippen molar-refractivity contribution < 1.29 is 14.5 Å². The van der Waals surface area contributed by atoms with E-state index in [0.717, 1.165) is 21.3 Å². The predicted octanol–water partition coefficient (Wildman–Crippen LogP) is 6.22. The third kappa shape index (κ3) is 7.15. The van der Waals surface area contributed by atoms with Gasteiger partial charge in [-0.3, -0.25) is 0 Å². The van der Waals surface area contributed by atoms with Crippen LogP contribution in [0.3, 0.4) is 0 Å². The quantitative estimate of drug-likeness (QED) is 0.350. The van der Waals surface area contributed by atoms with E-state index < -0.39 is 22.2 Å². The van der Waals surface area contributed by atoms with E-state index >= 15 is 0 Å². The van der Waals surface area contributed by atoms with Gasteiger partial charge in [0, 0.05) is 16.6 Å². The summed E-state index contributed by atoms with van der Waals surface area (Å²) in [6.45, 7) is 7.92. The van der Waals surface area contributed by atoms with Crippen LogP contribution in [0.2, 0.25) is 0 Å². The van der Waals surface area contributed by atoms with E-state index in [-0.39, 0.29) is 6.04 Å². The predicted molar refractivity (Wildman–Crippen MR) is 127 cm³/mol. The van der Waals surface area contributed by atoms with Crippen LogP contribution in [-0.4, -0.2) is 37.7 Å². The van der Waals surface area contributed by atoms with Gasteiger partial charge in [-0.15, -0.1) is 0 Å². The molecule has 1 amide bonds. The summed E-state index contributed by atoms with van der Waals surface area (Å²) >= 11 is 2.03. The van der Waals surface area contributed by atoms with Gasteiger partial charge in [-0.2, -0.15) is 0 Å². The molecule has 0 aliphatic rings. The van der Waals surface area contributed by atoms with Crippen LogP contribution in [-0.2, 0) is 11.4 Å². The molecule has 162 valence electrons. The van der Waals surface area contributed by atoms with Gasteiger partial charge in [-0.1, -0.05) is 62.8 Å². The Morgan fingerprint density at radius 1 is 1.17 bits per heavy atom. The molecule has 5 nitrogen and oxygen atoms in total. The third-order valence-corrected chi connectivity index (χ3v) is 6.66. The van der Waals surface area contributed by atoms with Crippen LogP contribution in [0.1, 0.15) is 57.7 Å². The first-order valence-corrected chi connectivity index (χ1v) is 11.8. The molecule has 2 aromatic rings. The Bertz CT molecular complexity index is 851. The first-order chi connectivity index (χ1) is 14.1. The molecule has 0 aliphatic carbocycles. The van der Waals surface area contributed by atoms with Gasteiger partial charge < -0.3 is 14.6 Å². The Hall–Kier alpha value is -1.83. The van der Waals surface area contributed by atoms with Crippen LogP contribution in [0.5, 0.6) is 0 Å². The van der Waals surface area contributed by atoms with Crippen LogP contribution >= 0.6 is 15.9 Å². The van der Waals surface area contributed by atoms with Crippen LogP contribution in [0.25, 0.3) is 0 Å². The van der Waals surface area contributed by atoms with Crippen molar-refractivity contribution in [2.75, 3.05) is 6.54 Å². The molecule has 0 aromatic heterocycles. The van der Waals surface area contributed by atoms with Crippen molar-refractivity contribution in [3.8, 4) is 0 Å². The fourth-order valence-electron chi connectivity index (χ4n) is 2.90. The Balaban J connectivity index is 2.14. The van der Waals surface area contributed by atoms with E-state index in [1.165, 1.54) is 4.90 Å². The van der Waals surface area contributed by atoms with Crippen molar-refractivity contribution in [2.24, 2.45) is 4.40 Å². The van der Waals surface area contributed by atoms with Gasteiger partial charge >= 0.3 is 6.09 Å². The van der Waals surface area contributed by atoms with E-state index in [9.17, 15) is 14.5 Å². The van der Waals surface area contributed by atoms with Gasteiger partial charge in [0.15, 0.2) is 0 Å². The van der Waals surface area contributed by atoms with Gasteiger partial charge in [-0.25, -0.2) is 4.79 Å². The zero-order valence-corrected chi connectivity index (χ0v) is 20.2. The molecule has 0 aliphatic heterocycles. The van der Waals surface area contributed by atoms with Crippen molar-refractivity contribution in [2.45, 2.75) is 51.3 Å². The Morgan fingerprint density at radius 3 is 2.30 bits per heavy atom. The summed E-state index contributed by atoms with van der Waals surface area (Å²) in [5, 5.41) is 9.73. The smallest absolute Gasteiger partial charge is 0.407 e. The van der Waals surface area contributed by atoms with Crippen molar-refractivity contribution in [1.29, 1.82) is 0 Å². The number of nitrogens with zero attached hydrogens (tertiary/aromatic N) is 2. The first-order valence-electron chi connectivity index (χ1n) is 9.89. The molecular weight excluding hydrogens is 464 g/mol. The fraction of sp³-hybridized carbons (Fsp3) is 0.391. The zero-order valence-electron chi connectivity index (χ0n) is 17.8. The van der Waals surface area contributed by atoms with Gasteiger partial charge in [0.25, 0.3) is 0 Å². The molecule has 2 atom stereocenters. The molecule has 0 fully saturated rings. The number of carbonyl (C=O) groups is 1. The van der Waals surface area contributed by atoms with E-state index in [4.69, 9.17) is 0 Å². The second-order valence-corrected chi connectivity index (χ2v) is 10.9. The fourth-order valence-corrected chi connectivity index (χ4v) is 3.84. The summed E-state index contributed by atoms with van der Waals surface area (Å²) in [7, 11) is 0. The number of benzene rings is 2. The van der Waals surface area contributed by atoms with E-state index in [2.05, 4.69) is 20.3 Å².